The van der Waals surface area contributed by atoms with Crippen LogP contribution in [0.1, 0.15) is 61.5 Å². The molecule has 0 N–H and O–H groups in total. The van der Waals surface area contributed by atoms with Gasteiger partial charge in [-0.25, -0.2) is 0 Å². The summed E-state index contributed by atoms with van der Waals surface area (Å²) in [5.41, 5.74) is 6.69. The lowest BCUT2D eigenvalue weighted by Gasteiger charge is -2.41. The second kappa shape index (κ2) is 8.80. The standard InChI is InChI=1S/C29H30N4O/c1-20-12-22(9-10-30-20)29-27-14-25-18-33(28(34)15-23(25)13-24(27)16-31-29)26-8-5-11-32(19-26)17-21-6-3-2-4-7-21/h2-4,6-7,9-10,12-14,26H,5,8,11,15-19H2,1H3/t26-/m1/s1/i2D,3D,4D,6D,7D,17D2. The molecular weight excluding hydrogens is 420 g/mol. The summed E-state index contributed by atoms with van der Waals surface area (Å²) < 4.78 is 58.2. The number of carbonyl (C=O) groups excluding carboxylic acids is 1. The van der Waals surface area contributed by atoms with E-state index in [-0.39, 0.29) is 30.5 Å². The predicted octanol–water partition coefficient (Wildman–Crippen LogP) is 4.29. The van der Waals surface area contributed by atoms with Crippen molar-refractivity contribution < 1.29 is 14.4 Å². The van der Waals surface area contributed by atoms with Crippen LogP contribution in [0.3, 0.4) is 0 Å². The maximum absolute atomic E-state index is 13.4. The van der Waals surface area contributed by atoms with Gasteiger partial charge in [0, 0.05) is 51.4 Å². The maximum Gasteiger partial charge on any atom is 0.227 e. The van der Waals surface area contributed by atoms with Gasteiger partial charge in [0.1, 0.15) is 0 Å². The van der Waals surface area contributed by atoms with Gasteiger partial charge in [-0.05, 0) is 66.8 Å². The average Bonchev–Trinajstić information content (AvgIpc) is 3.36. The van der Waals surface area contributed by atoms with Crippen LogP contribution in [0.25, 0.3) is 0 Å². The molecule has 5 heteroatoms. The van der Waals surface area contributed by atoms with E-state index in [0.29, 0.717) is 32.5 Å². The molecule has 1 fully saturated rings. The monoisotopic (exact) mass is 457 g/mol. The zero-order valence-corrected chi connectivity index (χ0v) is 19.1. The van der Waals surface area contributed by atoms with Crippen molar-refractivity contribution in [2.24, 2.45) is 4.99 Å². The highest BCUT2D eigenvalue weighted by atomic mass is 16.2. The van der Waals surface area contributed by atoms with Gasteiger partial charge in [-0.15, -0.1) is 0 Å². The molecule has 5 nitrogen and oxygen atoms in total. The zero-order chi connectivity index (χ0) is 29.2. The fourth-order valence-electron chi connectivity index (χ4n) is 5.24. The number of aliphatic imine (C=N–C) groups is 1. The minimum atomic E-state index is -2.31. The highest BCUT2D eigenvalue weighted by molar-refractivity contribution is 6.15. The number of fused-ring (bicyclic) bond motifs is 2. The van der Waals surface area contributed by atoms with E-state index >= 15 is 0 Å². The Balaban J connectivity index is 1.27. The van der Waals surface area contributed by atoms with Gasteiger partial charge in [0.2, 0.25) is 5.91 Å². The van der Waals surface area contributed by atoms with E-state index < -0.39 is 36.7 Å². The molecule has 3 aliphatic heterocycles. The van der Waals surface area contributed by atoms with Crippen LogP contribution in [0.5, 0.6) is 0 Å². The molecule has 3 aliphatic rings. The summed E-state index contributed by atoms with van der Waals surface area (Å²) in [7, 11) is 0. The van der Waals surface area contributed by atoms with E-state index in [4.69, 9.17) is 14.6 Å². The molecule has 0 spiro atoms. The summed E-state index contributed by atoms with van der Waals surface area (Å²) in [5.74, 6) is -0.0171. The van der Waals surface area contributed by atoms with Crippen LogP contribution in [-0.4, -0.2) is 45.5 Å². The van der Waals surface area contributed by atoms with Crippen LogP contribution in [-0.2, 0) is 30.8 Å². The molecular formula is C29H30N4O. The smallest absolute Gasteiger partial charge is 0.227 e. The van der Waals surface area contributed by atoms with Crippen LogP contribution < -0.4 is 0 Å². The van der Waals surface area contributed by atoms with Gasteiger partial charge in [0.05, 0.1) is 25.5 Å². The minimum absolute atomic E-state index is 0.0171. The first kappa shape index (κ1) is 14.8. The molecule has 172 valence electrons. The molecule has 0 bridgehead atoms. The lowest BCUT2D eigenvalue weighted by molar-refractivity contribution is -0.135. The maximum atomic E-state index is 13.4. The average molecular weight is 458 g/mol. The molecule has 0 aliphatic carbocycles. The number of aryl methyl sites for hydroxylation is 1. The number of nitrogens with zero attached hydrogens (tertiary/aromatic N) is 4. The Bertz CT molecular complexity index is 1590. The third-order valence-electron chi connectivity index (χ3n) is 6.87. The predicted molar refractivity (Wildman–Crippen MR) is 134 cm³/mol. The van der Waals surface area contributed by atoms with Crippen LogP contribution in [0.4, 0.5) is 0 Å². The fourth-order valence-corrected chi connectivity index (χ4v) is 5.24. The highest BCUT2D eigenvalue weighted by Gasteiger charge is 2.33. The van der Waals surface area contributed by atoms with Crippen molar-refractivity contribution in [2.75, 3.05) is 13.1 Å². The number of rotatable bonds is 4. The van der Waals surface area contributed by atoms with Gasteiger partial charge >= 0.3 is 0 Å². The normalized spacial score (nSPS) is 23.5. The first-order valence-electron chi connectivity index (χ1n) is 15.2. The van der Waals surface area contributed by atoms with Crippen molar-refractivity contribution in [1.82, 2.24) is 14.8 Å². The molecule has 4 heterocycles. The van der Waals surface area contributed by atoms with E-state index in [1.165, 1.54) is 4.90 Å². The minimum Gasteiger partial charge on any atom is -0.334 e. The molecule has 1 saturated heterocycles. The number of pyridine rings is 1. The zero-order valence-electron chi connectivity index (χ0n) is 26.1. The van der Waals surface area contributed by atoms with Crippen molar-refractivity contribution >= 4 is 11.6 Å². The Kier molecular flexibility index (Phi) is 3.84. The summed E-state index contributed by atoms with van der Waals surface area (Å²) in [6.07, 6.45) is 3.35. The quantitative estimate of drug-likeness (QED) is 0.587. The number of hydrogen-bond acceptors (Lipinski definition) is 4. The number of benzene rings is 2. The van der Waals surface area contributed by atoms with Crippen LogP contribution >= 0.6 is 0 Å². The number of carbonyl (C=O) groups is 1. The summed E-state index contributed by atoms with van der Waals surface area (Å²) in [6, 6.07) is 5.19. The molecule has 1 atom stereocenters. The largest absolute Gasteiger partial charge is 0.334 e. The van der Waals surface area contributed by atoms with Gasteiger partial charge in [-0.1, -0.05) is 36.3 Å². The van der Waals surface area contributed by atoms with Gasteiger partial charge in [0.15, 0.2) is 0 Å². The number of likely N-dealkylation sites (tertiary alicyclic amines) is 1. The molecule has 0 radical (unpaired) electrons. The van der Waals surface area contributed by atoms with E-state index in [2.05, 4.69) is 17.1 Å². The van der Waals surface area contributed by atoms with Crippen LogP contribution in [0, 0.1) is 6.92 Å². The second-order valence-electron chi connectivity index (χ2n) is 9.18. The van der Waals surface area contributed by atoms with Gasteiger partial charge < -0.3 is 4.90 Å². The topological polar surface area (TPSA) is 48.8 Å². The summed E-state index contributed by atoms with van der Waals surface area (Å²) in [4.78, 5) is 25.8. The van der Waals surface area contributed by atoms with Crippen molar-refractivity contribution in [3.63, 3.8) is 0 Å². The first-order chi connectivity index (χ1) is 19.5. The van der Waals surface area contributed by atoms with Gasteiger partial charge in [0.25, 0.3) is 0 Å². The lowest BCUT2D eigenvalue weighted by atomic mass is 9.90. The van der Waals surface area contributed by atoms with Crippen molar-refractivity contribution in [3.8, 4) is 0 Å². The Labute approximate surface area is 211 Å². The molecule has 34 heavy (non-hydrogen) atoms. The third-order valence-corrected chi connectivity index (χ3v) is 6.87. The lowest BCUT2D eigenvalue weighted by Crippen LogP contribution is -2.51. The van der Waals surface area contributed by atoms with Crippen molar-refractivity contribution in [3.05, 3.63) is 99.7 Å². The first-order valence-corrected chi connectivity index (χ1v) is 11.7. The Morgan fingerprint density at radius 2 is 2.03 bits per heavy atom. The number of hydrogen-bond donors (Lipinski definition) is 0. The highest BCUT2D eigenvalue weighted by Crippen LogP contribution is 2.32. The summed E-state index contributed by atoms with van der Waals surface area (Å²) >= 11 is 0. The van der Waals surface area contributed by atoms with Crippen LogP contribution in [0.2, 0.25) is 0 Å². The molecule has 6 rings (SSSR count). The summed E-state index contributed by atoms with van der Waals surface area (Å²) in [6.45, 7) is 1.16. The van der Waals surface area contributed by atoms with E-state index in [0.717, 1.165) is 39.2 Å². The Morgan fingerprint density at radius 1 is 1.15 bits per heavy atom. The molecule has 3 aromatic rings. The van der Waals surface area contributed by atoms with E-state index in [1.54, 1.807) is 6.20 Å². The second-order valence-corrected chi connectivity index (χ2v) is 9.18. The van der Waals surface area contributed by atoms with Gasteiger partial charge in [-0.2, -0.15) is 0 Å². The number of amides is 1. The Morgan fingerprint density at radius 3 is 2.88 bits per heavy atom. The number of aromatic nitrogens is 1. The SMILES string of the molecule is [2H]c1c([2H])c([2H])c(C([2H])([2H])N2CCC[C@@H](N3Cc4cc5c(cc4CC3=O)CN=C5c3ccnc(C)c3)C2)c([2H])c1[2H]. The van der Waals surface area contributed by atoms with Crippen molar-refractivity contribution in [1.29, 1.82) is 0 Å². The molecule has 2 aromatic carbocycles. The van der Waals surface area contributed by atoms with E-state index in [9.17, 15) is 4.79 Å². The summed E-state index contributed by atoms with van der Waals surface area (Å²) in [5, 5.41) is 0. The molecule has 1 aromatic heterocycles. The van der Waals surface area contributed by atoms with Gasteiger partial charge in [-0.3, -0.25) is 19.7 Å². The van der Waals surface area contributed by atoms with Crippen molar-refractivity contribution in [2.45, 2.75) is 51.8 Å². The third kappa shape index (κ3) is 4.05. The molecule has 0 unspecified atom stereocenters. The molecule has 0 saturated carbocycles. The molecule has 1 amide bonds. The Hall–Kier alpha value is -3.31. The fraction of sp³-hybridized carbons (Fsp3) is 0.345. The number of piperidine rings is 1. The van der Waals surface area contributed by atoms with Crippen LogP contribution in [0.15, 0.2) is 65.7 Å². The van der Waals surface area contributed by atoms with E-state index in [1.807, 2.05) is 24.0 Å².